The van der Waals surface area contributed by atoms with Crippen LogP contribution < -0.4 is 0 Å². The highest BCUT2D eigenvalue weighted by Gasteiger charge is 2.21. The number of carboxylic acid groups (broad SMARTS) is 1. The van der Waals surface area contributed by atoms with Crippen molar-refractivity contribution in [3.63, 3.8) is 0 Å². The first-order chi connectivity index (χ1) is 10.1. The van der Waals surface area contributed by atoms with Gasteiger partial charge in [-0.1, -0.05) is 17.7 Å². The molecule has 0 radical (unpaired) electrons. The number of carbonyl (C=O) groups is 2. The Kier molecular flexibility index (Phi) is 5.33. The van der Waals surface area contributed by atoms with Crippen molar-refractivity contribution in [2.75, 3.05) is 32.7 Å². The Labute approximate surface area is 125 Å². The quantitative estimate of drug-likeness (QED) is 0.895. The van der Waals surface area contributed by atoms with Crippen molar-refractivity contribution in [2.24, 2.45) is 0 Å². The standard InChI is InChI=1S/C16H22N2O3/c1-13-4-6-14(7-5-13)16(21)18-11-9-17(10-12-18)8-2-3-15(19)20/h4-7H,2-3,8-12H2,1H3,(H,19,20). The molecule has 1 saturated heterocycles. The Morgan fingerprint density at radius 1 is 1.10 bits per heavy atom. The highest BCUT2D eigenvalue weighted by atomic mass is 16.4. The van der Waals surface area contributed by atoms with E-state index in [-0.39, 0.29) is 12.3 Å². The van der Waals surface area contributed by atoms with Crippen LogP contribution in [0.2, 0.25) is 0 Å². The molecule has 0 unspecified atom stereocenters. The van der Waals surface area contributed by atoms with Crippen molar-refractivity contribution in [1.82, 2.24) is 9.80 Å². The maximum Gasteiger partial charge on any atom is 0.303 e. The summed E-state index contributed by atoms with van der Waals surface area (Å²) in [6, 6.07) is 7.65. The molecule has 1 N–H and O–H groups in total. The van der Waals surface area contributed by atoms with E-state index in [1.807, 2.05) is 36.1 Å². The molecule has 0 aromatic heterocycles. The van der Waals surface area contributed by atoms with Gasteiger partial charge in [0.05, 0.1) is 0 Å². The Hall–Kier alpha value is -1.88. The molecule has 1 aromatic rings. The highest BCUT2D eigenvalue weighted by Crippen LogP contribution is 2.10. The van der Waals surface area contributed by atoms with Gasteiger partial charge in [0.15, 0.2) is 0 Å². The molecular formula is C16H22N2O3. The van der Waals surface area contributed by atoms with Gasteiger partial charge >= 0.3 is 5.97 Å². The summed E-state index contributed by atoms with van der Waals surface area (Å²) in [5.41, 5.74) is 1.88. The maximum absolute atomic E-state index is 12.4. The van der Waals surface area contributed by atoms with Crippen LogP contribution in [0.4, 0.5) is 0 Å². The SMILES string of the molecule is Cc1ccc(C(=O)N2CCN(CCCC(=O)O)CC2)cc1. The van der Waals surface area contributed by atoms with Gasteiger partial charge in [0.2, 0.25) is 0 Å². The largest absolute Gasteiger partial charge is 0.481 e. The predicted molar refractivity (Wildman–Crippen MR) is 80.4 cm³/mol. The third-order valence-electron chi connectivity index (χ3n) is 3.82. The highest BCUT2D eigenvalue weighted by molar-refractivity contribution is 5.94. The van der Waals surface area contributed by atoms with Crippen LogP contribution in [0.5, 0.6) is 0 Å². The topological polar surface area (TPSA) is 60.9 Å². The van der Waals surface area contributed by atoms with Crippen LogP contribution in [0.1, 0.15) is 28.8 Å². The summed E-state index contributed by atoms with van der Waals surface area (Å²) in [7, 11) is 0. The fourth-order valence-electron chi connectivity index (χ4n) is 2.51. The lowest BCUT2D eigenvalue weighted by Gasteiger charge is -2.34. The van der Waals surface area contributed by atoms with Crippen LogP contribution in [0.3, 0.4) is 0 Å². The molecule has 2 rings (SSSR count). The number of hydrogen-bond acceptors (Lipinski definition) is 3. The van der Waals surface area contributed by atoms with Crippen LogP contribution in [0.25, 0.3) is 0 Å². The molecule has 5 heteroatoms. The van der Waals surface area contributed by atoms with E-state index in [0.29, 0.717) is 19.5 Å². The van der Waals surface area contributed by atoms with Gasteiger partial charge in [0.25, 0.3) is 5.91 Å². The number of piperazine rings is 1. The van der Waals surface area contributed by atoms with Crippen LogP contribution in [0.15, 0.2) is 24.3 Å². The van der Waals surface area contributed by atoms with Gasteiger partial charge in [-0.3, -0.25) is 14.5 Å². The van der Waals surface area contributed by atoms with Gasteiger partial charge in [-0.05, 0) is 32.0 Å². The first-order valence-electron chi connectivity index (χ1n) is 7.36. The molecule has 0 aliphatic carbocycles. The Morgan fingerprint density at radius 3 is 2.29 bits per heavy atom. The van der Waals surface area contributed by atoms with Gasteiger partial charge in [-0.25, -0.2) is 0 Å². The van der Waals surface area contributed by atoms with Crippen molar-refractivity contribution >= 4 is 11.9 Å². The summed E-state index contributed by atoms with van der Waals surface area (Å²) in [6.07, 6.45) is 0.879. The van der Waals surface area contributed by atoms with Crippen LogP contribution in [-0.2, 0) is 4.79 Å². The van der Waals surface area contributed by atoms with Gasteiger partial charge in [-0.15, -0.1) is 0 Å². The van der Waals surface area contributed by atoms with Gasteiger partial charge < -0.3 is 10.0 Å². The lowest BCUT2D eigenvalue weighted by Crippen LogP contribution is -2.48. The average Bonchev–Trinajstić information content (AvgIpc) is 2.48. The van der Waals surface area contributed by atoms with Crippen LogP contribution in [-0.4, -0.2) is 59.5 Å². The monoisotopic (exact) mass is 290 g/mol. The third kappa shape index (κ3) is 4.56. The second-order valence-electron chi connectivity index (χ2n) is 5.50. The van der Waals surface area contributed by atoms with Crippen molar-refractivity contribution in [2.45, 2.75) is 19.8 Å². The number of carboxylic acids is 1. The van der Waals surface area contributed by atoms with E-state index in [1.54, 1.807) is 0 Å². The lowest BCUT2D eigenvalue weighted by molar-refractivity contribution is -0.137. The zero-order valence-corrected chi connectivity index (χ0v) is 12.4. The number of aliphatic carboxylic acids is 1. The molecule has 0 saturated carbocycles. The fraction of sp³-hybridized carbons (Fsp3) is 0.500. The number of benzene rings is 1. The Bertz CT molecular complexity index is 491. The first kappa shape index (κ1) is 15.5. The zero-order chi connectivity index (χ0) is 15.2. The Morgan fingerprint density at radius 2 is 1.71 bits per heavy atom. The molecule has 1 amide bonds. The minimum Gasteiger partial charge on any atom is -0.481 e. The van der Waals surface area contributed by atoms with E-state index < -0.39 is 5.97 Å². The molecule has 0 bridgehead atoms. The van der Waals surface area contributed by atoms with E-state index in [0.717, 1.165) is 30.8 Å². The van der Waals surface area contributed by atoms with E-state index in [1.165, 1.54) is 0 Å². The summed E-state index contributed by atoms with van der Waals surface area (Å²) in [5, 5.41) is 8.63. The minimum atomic E-state index is -0.747. The van der Waals surface area contributed by atoms with E-state index in [2.05, 4.69) is 4.90 Å². The van der Waals surface area contributed by atoms with E-state index in [9.17, 15) is 9.59 Å². The van der Waals surface area contributed by atoms with Crippen LogP contribution in [0, 0.1) is 6.92 Å². The number of rotatable bonds is 5. The molecule has 0 spiro atoms. The number of amides is 1. The molecule has 1 aliphatic heterocycles. The minimum absolute atomic E-state index is 0.0835. The second-order valence-corrected chi connectivity index (χ2v) is 5.50. The molecule has 5 nitrogen and oxygen atoms in total. The summed E-state index contributed by atoms with van der Waals surface area (Å²) >= 11 is 0. The number of nitrogens with zero attached hydrogens (tertiary/aromatic N) is 2. The predicted octanol–water partition coefficient (Wildman–Crippen LogP) is 1.62. The molecule has 1 aromatic carbocycles. The van der Waals surface area contributed by atoms with Gasteiger partial charge in [0, 0.05) is 38.2 Å². The smallest absolute Gasteiger partial charge is 0.303 e. The maximum atomic E-state index is 12.4. The van der Waals surface area contributed by atoms with Crippen molar-refractivity contribution in [1.29, 1.82) is 0 Å². The summed E-state index contributed by atoms with van der Waals surface area (Å²) in [6.45, 7) is 5.84. The summed E-state index contributed by atoms with van der Waals surface area (Å²) in [5.74, 6) is -0.664. The summed E-state index contributed by atoms with van der Waals surface area (Å²) in [4.78, 5) is 26.9. The molecule has 114 valence electrons. The molecular weight excluding hydrogens is 268 g/mol. The van der Waals surface area contributed by atoms with E-state index >= 15 is 0 Å². The summed E-state index contributed by atoms with van der Waals surface area (Å²) < 4.78 is 0. The van der Waals surface area contributed by atoms with Crippen molar-refractivity contribution in [3.05, 3.63) is 35.4 Å². The fourth-order valence-corrected chi connectivity index (χ4v) is 2.51. The van der Waals surface area contributed by atoms with Crippen LogP contribution >= 0.6 is 0 Å². The molecule has 1 fully saturated rings. The Balaban J connectivity index is 1.79. The normalized spacial score (nSPS) is 16.0. The van der Waals surface area contributed by atoms with Gasteiger partial charge in [0.1, 0.15) is 0 Å². The molecule has 21 heavy (non-hydrogen) atoms. The molecule has 1 aliphatic rings. The number of aryl methyl sites for hydroxylation is 1. The van der Waals surface area contributed by atoms with Gasteiger partial charge in [-0.2, -0.15) is 0 Å². The average molecular weight is 290 g/mol. The van der Waals surface area contributed by atoms with Crippen molar-refractivity contribution in [3.8, 4) is 0 Å². The zero-order valence-electron chi connectivity index (χ0n) is 12.4. The number of carbonyl (C=O) groups excluding carboxylic acids is 1. The second kappa shape index (κ2) is 7.22. The third-order valence-corrected chi connectivity index (χ3v) is 3.82. The molecule has 0 atom stereocenters. The lowest BCUT2D eigenvalue weighted by atomic mass is 10.1. The first-order valence-corrected chi connectivity index (χ1v) is 7.36. The molecule has 1 heterocycles. The van der Waals surface area contributed by atoms with E-state index in [4.69, 9.17) is 5.11 Å². The number of hydrogen-bond donors (Lipinski definition) is 1. The van der Waals surface area contributed by atoms with Crippen molar-refractivity contribution < 1.29 is 14.7 Å².